The molecule has 1 aliphatic rings. The minimum Gasteiger partial charge on any atom is -0.451 e. The molecule has 6 nitrogen and oxygen atoms in total. The number of carbonyl (C=O) groups excluding carboxylic acids is 1. The molecule has 5 rings (SSSR count). The number of carbonyl (C=O) groups is 1. The number of benzene rings is 1. The normalized spacial score (nSPS) is 17.4. The number of ether oxygens (including phenoxy) is 1. The maximum absolute atomic E-state index is 12.8. The summed E-state index contributed by atoms with van der Waals surface area (Å²) in [7, 11) is 0. The molecule has 0 aliphatic heterocycles. The van der Waals surface area contributed by atoms with Gasteiger partial charge in [0.15, 0.2) is 11.9 Å². The fourth-order valence-electron chi connectivity index (χ4n) is 4.08. The Labute approximate surface area is 170 Å². The number of nitrogens with one attached hydrogen (secondary N) is 2. The van der Waals surface area contributed by atoms with Crippen LogP contribution in [-0.2, 0) is 17.6 Å². The van der Waals surface area contributed by atoms with Crippen LogP contribution in [0.2, 0.25) is 0 Å². The van der Waals surface area contributed by atoms with Crippen LogP contribution in [0.4, 0.5) is 0 Å². The third-order valence-electron chi connectivity index (χ3n) is 5.66. The van der Waals surface area contributed by atoms with E-state index in [2.05, 4.69) is 21.9 Å². The lowest BCUT2D eigenvalue weighted by Gasteiger charge is -2.17. The molecule has 2 N–H and O–H groups in total. The minimum atomic E-state index is -0.661. The molecular weight excluding hydrogens is 386 g/mol. The highest BCUT2D eigenvalue weighted by atomic mass is 32.1. The first kappa shape index (κ1) is 18.1. The van der Waals surface area contributed by atoms with Gasteiger partial charge < -0.3 is 14.7 Å². The first-order chi connectivity index (χ1) is 14.0. The third kappa shape index (κ3) is 3.06. The van der Waals surface area contributed by atoms with Crippen LogP contribution in [0.3, 0.4) is 0 Å². The van der Waals surface area contributed by atoms with E-state index in [1.807, 2.05) is 24.3 Å². The number of rotatable bonds is 3. The first-order valence-corrected chi connectivity index (χ1v) is 10.6. The van der Waals surface area contributed by atoms with Gasteiger partial charge in [0.25, 0.3) is 5.56 Å². The van der Waals surface area contributed by atoms with Crippen molar-refractivity contribution in [2.24, 2.45) is 5.92 Å². The van der Waals surface area contributed by atoms with Gasteiger partial charge in [-0.05, 0) is 43.7 Å². The molecule has 0 unspecified atom stereocenters. The number of thiophene rings is 1. The van der Waals surface area contributed by atoms with Crippen LogP contribution < -0.4 is 5.56 Å². The molecule has 0 fully saturated rings. The van der Waals surface area contributed by atoms with Crippen molar-refractivity contribution in [1.29, 1.82) is 0 Å². The zero-order valence-electron chi connectivity index (χ0n) is 16.2. The summed E-state index contributed by atoms with van der Waals surface area (Å²) in [6, 6.07) is 7.56. The molecule has 0 amide bonds. The summed E-state index contributed by atoms with van der Waals surface area (Å²) in [5.41, 5.74) is 2.34. The molecule has 29 heavy (non-hydrogen) atoms. The van der Waals surface area contributed by atoms with Crippen LogP contribution in [0.1, 0.15) is 53.0 Å². The molecule has 4 aromatic rings. The van der Waals surface area contributed by atoms with E-state index in [0.717, 1.165) is 40.6 Å². The Morgan fingerprint density at radius 2 is 2.17 bits per heavy atom. The summed E-state index contributed by atoms with van der Waals surface area (Å²) in [5.74, 6) is 0.560. The Kier molecular flexibility index (Phi) is 4.28. The fourth-order valence-corrected chi connectivity index (χ4v) is 5.47. The van der Waals surface area contributed by atoms with Gasteiger partial charge in [0.2, 0.25) is 0 Å². The van der Waals surface area contributed by atoms with E-state index in [1.54, 1.807) is 24.5 Å². The van der Waals surface area contributed by atoms with Crippen LogP contribution in [0.15, 0.2) is 35.3 Å². The molecule has 0 radical (unpaired) electrons. The minimum absolute atomic E-state index is 0.146. The first-order valence-electron chi connectivity index (χ1n) is 9.83. The average molecular weight is 407 g/mol. The van der Waals surface area contributed by atoms with Gasteiger partial charge in [0, 0.05) is 22.0 Å². The zero-order valence-corrected chi connectivity index (χ0v) is 17.1. The highest BCUT2D eigenvalue weighted by molar-refractivity contribution is 7.18. The Bertz CT molecular complexity index is 1300. The van der Waals surface area contributed by atoms with Crippen molar-refractivity contribution in [3.63, 3.8) is 0 Å². The second-order valence-corrected chi connectivity index (χ2v) is 8.86. The molecule has 2 atom stereocenters. The largest absolute Gasteiger partial charge is 0.451 e. The van der Waals surface area contributed by atoms with Gasteiger partial charge in [0.1, 0.15) is 4.83 Å². The molecule has 0 saturated carbocycles. The quantitative estimate of drug-likeness (QED) is 0.489. The van der Waals surface area contributed by atoms with E-state index in [1.165, 1.54) is 4.88 Å². The molecule has 0 bridgehead atoms. The van der Waals surface area contributed by atoms with Crippen LogP contribution in [-0.4, -0.2) is 20.9 Å². The van der Waals surface area contributed by atoms with E-state index in [4.69, 9.17) is 4.74 Å². The molecule has 1 aliphatic carbocycles. The molecule has 0 saturated heterocycles. The monoisotopic (exact) mass is 407 g/mol. The number of aromatic amines is 2. The number of hydrogen-bond acceptors (Lipinski definition) is 5. The number of aryl methyl sites for hydroxylation is 1. The van der Waals surface area contributed by atoms with Crippen LogP contribution in [0.5, 0.6) is 0 Å². The predicted molar refractivity (Wildman–Crippen MR) is 114 cm³/mol. The topological polar surface area (TPSA) is 87.8 Å². The van der Waals surface area contributed by atoms with Gasteiger partial charge in [0.05, 0.1) is 10.9 Å². The smallest absolute Gasteiger partial charge is 0.341 e. The van der Waals surface area contributed by atoms with Crippen LogP contribution >= 0.6 is 11.3 Å². The average Bonchev–Trinajstić information content (AvgIpc) is 3.28. The SMILES string of the molecule is C[C@H]1CCc2c(sc3nc([C@H](C)OC(=O)c4c[nH]c5ccccc45)[nH]c(=O)c23)C1. The van der Waals surface area contributed by atoms with Crippen molar-refractivity contribution in [2.75, 3.05) is 0 Å². The van der Waals surface area contributed by atoms with Gasteiger partial charge in [-0.3, -0.25) is 4.79 Å². The maximum Gasteiger partial charge on any atom is 0.341 e. The van der Waals surface area contributed by atoms with Gasteiger partial charge in [-0.25, -0.2) is 9.78 Å². The van der Waals surface area contributed by atoms with Crippen molar-refractivity contribution in [2.45, 2.75) is 39.2 Å². The summed E-state index contributed by atoms with van der Waals surface area (Å²) < 4.78 is 5.62. The van der Waals surface area contributed by atoms with Crippen molar-refractivity contribution in [3.8, 4) is 0 Å². The third-order valence-corrected chi connectivity index (χ3v) is 6.81. The number of hydrogen-bond donors (Lipinski definition) is 2. The van der Waals surface area contributed by atoms with Crippen LogP contribution in [0.25, 0.3) is 21.1 Å². The number of H-pyrrole nitrogens is 2. The summed E-state index contributed by atoms with van der Waals surface area (Å²) >= 11 is 1.59. The van der Waals surface area contributed by atoms with E-state index in [0.29, 0.717) is 22.7 Å². The second kappa shape index (κ2) is 6.84. The lowest BCUT2D eigenvalue weighted by Crippen LogP contribution is -2.18. The number of nitrogens with zero attached hydrogens (tertiary/aromatic N) is 1. The molecular formula is C22H21N3O3S. The van der Waals surface area contributed by atoms with E-state index in [-0.39, 0.29) is 5.56 Å². The Morgan fingerprint density at radius 3 is 3.03 bits per heavy atom. The molecule has 3 aromatic heterocycles. The highest BCUT2D eigenvalue weighted by Gasteiger charge is 2.25. The molecule has 148 valence electrons. The summed E-state index contributed by atoms with van der Waals surface area (Å²) in [4.78, 5) is 38.0. The maximum atomic E-state index is 12.8. The number of esters is 1. The van der Waals surface area contributed by atoms with Gasteiger partial charge in [-0.1, -0.05) is 25.1 Å². The molecule has 7 heteroatoms. The second-order valence-electron chi connectivity index (χ2n) is 7.78. The van der Waals surface area contributed by atoms with Crippen LogP contribution in [0, 0.1) is 5.92 Å². The highest BCUT2D eigenvalue weighted by Crippen LogP contribution is 2.36. The van der Waals surface area contributed by atoms with Crippen molar-refractivity contribution in [1.82, 2.24) is 15.0 Å². The predicted octanol–water partition coefficient (Wildman–Crippen LogP) is 4.51. The molecule has 1 aromatic carbocycles. The lowest BCUT2D eigenvalue weighted by molar-refractivity contribution is 0.0322. The van der Waals surface area contributed by atoms with E-state index >= 15 is 0 Å². The summed E-state index contributed by atoms with van der Waals surface area (Å²) in [6.45, 7) is 3.97. The molecule has 3 heterocycles. The van der Waals surface area contributed by atoms with E-state index < -0.39 is 12.1 Å². The number of fused-ring (bicyclic) bond motifs is 4. The lowest BCUT2D eigenvalue weighted by atomic mass is 9.89. The Balaban J connectivity index is 1.46. The summed E-state index contributed by atoms with van der Waals surface area (Å²) in [6.07, 6.45) is 4.00. The van der Waals surface area contributed by atoms with Gasteiger partial charge >= 0.3 is 5.97 Å². The van der Waals surface area contributed by atoms with Crippen molar-refractivity contribution < 1.29 is 9.53 Å². The number of para-hydroxylation sites is 1. The van der Waals surface area contributed by atoms with Gasteiger partial charge in [-0.2, -0.15) is 0 Å². The standard InChI is InChI=1S/C22H21N3O3S/c1-11-7-8-14-17(9-11)29-21-18(14)20(26)24-19(25-21)12(2)28-22(27)15-10-23-16-6-4-3-5-13(15)16/h3-6,10-12,23H,7-9H2,1-2H3,(H,24,25,26)/t11-,12-/m0/s1. The zero-order chi connectivity index (χ0) is 20.1. The van der Waals surface area contributed by atoms with Crippen molar-refractivity contribution >= 4 is 38.4 Å². The number of aromatic nitrogens is 3. The molecule has 0 spiro atoms. The van der Waals surface area contributed by atoms with Gasteiger partial charge in [-0.15, -0.1) is 11.3 Å². The Morgan fingerprint density at radius 1 is 1.34 bits per heavy atom. The summed E-state index contributed by atoms with van der Waals surface area (Å²) in [5, 5.41) is 1.51. The van der Waals surface area contributed by atoms with E-state index in [9.17, 15) is 9.59 Å². The fraction of sp³-hybridized carbons (Fsp3) is 0.318. The van der Waals surface area contributed by atoms with Crippen molar-refractivity contribution in [3.05, 3.63) is 62.6 Å². The Hall–Kier alpha value is -2.93.